The van der Waals surface area contributed by atoms with Crippen LogP contribution in [-0.2, 0) is 0 Å². The summed E-state index contributed by atoms with van der Waals surface area (Å²) in [6.07, 6.45) is 5.18. The molecule has 3 N–H and O–H groups in total. The van der Waals surface area contributed by atoms with E-state index in [4.69, 9.17) is 5.11 Å². The summed E-state index contributed by atoms with van der Waals surface area (Å²) in [4.78, 5) is 11.3. The molecule has 0 spiro atoms. The van der Waals surface area contributed by atoms with Gasteiger partial charge in [0, 0.05) is 19.7 Å². The van der Waals surface area contributed by atoms with Crippen LogP contribution in [0.4, 0.5) is 4.79 Å². The molecular weight excluding hydrogens is 192 g/mol. The SMILES string of the molecule is CCCCNC(=O)NCC1(CCO)CC1. The molecule has 0 aromatic heterocycles. The molecule has 0 radical (unpaired) electrons. The molecule has 0 aromatic carbocycles. The molecule has 2 amide bonds. The van der Waals surface area contributed by atoms with Gasteiger partial charge in [-0.25, -0.2) is 4.79 Å². The molecule has 0 unspecified atom stereocenters. The summed E-state index contributed by atoms with van der Waals surface area (Å²) in [5.74, 6) is 0. The van der Waals surface area contributed by atoms with Gasteiger partial charge in [0.15, 0.2) is 0 Å². The first-order valence-electron chi connectivity index (χ1n) is 5.85. The topological polar surface area (TPSA) is 61.4 Å². The van der Waals surface area contributed by atoms with Crippen molar-refractivity contribution in [2.24, 2.45) is 5.41 Å². The van der Waals surface area contributed by atoms with Gasteiger partial charge in [0.05, 0.1) is 0 Å². The molecule has 1 saturated carbocycles. The number of carbonyl (C=O) groups is 1. The average Bonchev–Trinajstić information content (AvgIpc) is 2.97. The van der Waals surface area contributed by atoms with Gasteiger partial charge in [-0.2, -0.15) is 0 Å². The van der Waals surface area contributed by atoms with Crippen LogP contribution in [0.2, 0.25) is 0 Å². The highest BCUT2D eigenvalue weighted by molar-refractivity contribution is 5.73. The second-order valence-corrected chi connectivity index (χ2v) is 4.44. The van der Waals surface area contributed by atoms with Gasteiger partial charge < -0.3 is 15.7 Å². The number of hydrogen-bond acceptors (Lipinski definition) is 2. The smallest absolute Gasteiger partial charge is 0.314 e. The zero-order valence-corrected chi connectivity index (χ0v) is 9.51. The maximum Gasteiger partial charge on any atom is 0.314 e. The Morgan fingerprint density at radius 3 is 2.67 bits per heavy atom. The second-order valence-electron chi connectivity index (χ2n) is 4.44. The number of nitrogens with one attached hydrogen (secondary N) is 2. The fraction of sp³-hybridized carbons (Fsp3) is 0.909. The molecule has 0 bridgehead atoms. The van der Waals surface area contributed by atoms with Crippen molar-refractivity contribution in [1.82, 2.24) is 10.6 Å². The van der Waals surface area contributed by atoms with Gasteiger partial charge in [0.1, 0.15) is 0 Å². The maximum atomic E-state index is 11.3. The lowest BCUT2D eigenvalue weighted by Gasteiger charge is -2.14. The van der Waals surface area contributed by atoms with E-state index in [0.717, 1.165) is 38.6 Å². The van der Waals surface area contributed by atoms with Gasteiger partial charge in [0.25, 0.3) is 0 Å². The zero-order chi connectivity index (χ0) is 11.1. The summed E-state index contributed by atoms with van der Waals surface area (Å²) in [5, 5.41) is 14.5. The molecular formula is C11H22N2O2. The molecule has 1 aliphatic carbocycles. The van der Waals surface area contributed by atoms with Gasteiger partial charge >= 0.3 is 6.03 Å². The number of urea groups is 1. The van der Waals surface area contributed by atoms with Gasteiger partial charge in [-0.3, -0.25) is 0 Å². The van der Waals surface area contributed by atoms with E-state index in [1.807, 2.05) is 0 Å². The number of carbonyl (C=O) groups excluding carboxylic acids is 1. The number of rotatable bonds is 7. The van der Waals surface area contributed by atoms with Crippen molar-refractivity contribution in [3.63, 3.8) is 0 Å². The first-order chi connectivity index (χ1) is 7.22. The average molecular weight is 214 g/mol. The van der Waals surface area contributed by atoms with Crippen LogP contribution in [-0.4, -0.2) is 30.8 Å². The Morgan fingerprint density at radius 1 is 1.40 bits per heavy atom. The van der Waals surface area contributed by atoms with Crippen LogP contribution >= 0.6 is 0 Å². The Bertz CT molecular complexity index is 203. The zero-order valence-electron chi connectivity index (χ0n) is 9.51. The van der Waals surface area contributed by atoms with Gasteiger partial charge in [-0.15, -0.1) is 0 Å². The number of hydrogen-bond donors (Lipinski definition) is 3. The van der Waals surface area contributed by atoms with Crippen molar-refractivity contribution in [3.05, 3.63) is 0 Å². The monoisotopic (exact) mass is 214 g/mol. The molecule has 0 atom stereocenters. The van der Waals surface area contributed by atoms with Crippen LogP contribution in [0.25, 0.3) is 0 Å². The van der Waals surface area contributed by atoms with Gasteiger partial charge in [-0.1, -0.05) is 13.3 Å². The van der Waals surface area contributed by atoms with Crippen LogP contribution in [0.1, 0.15) is 39.0 Å². The van der Waals surface area contributed by atoms with Crippen LogP contribution in [0.3, 0.4) is 0 Å². The number of aliphatic hydroxyl groups is 1. The minimum atomic E-state index is -0.0762. The Hall–Kier alpha value is -0.770. The number of amides is 2. The molecule has 1 aliphatic rings. The van der Waals surface area contributed by atoms with E-state index in [1.165, 1.54) is 0 Å². The third-order valence-corrected chi connectivity index (χ3v) is 3.04. The van der Waals surface area contributed by atoms with Gasteiger partial charge in [-0.05, 0) is 31.1 Å². The third-order valence-electron chi connectivity index (χ3n) is 3.04. The fourth-order valence-electron chi connectivity index (χ4n) is 1.64. The van der Waals surface area contributed by atoms with Crippen molar-refractivity contribution in [1.29, 1.82) is 0 Å². The largest absolute Gasteiger partial charge is 0.396 e. The van der Waals surface area contributed by atoms with E-state index in [0.29, 0.717) is 6.54 Å². The molecule has 4 nitrogen and oxygen atoms in total. The lowest BCUT2D eigenvalue weighted by molar-refractivity contribution is 0.227. The molecule has 0 heterocycles. The second kappa shape index (κ2) is 5.95. The highest BCUT2D eigenvalue weighted by Crippen LogP contribution is 2.47. The molecule has 88 valence electrons. The minimum absolute atomic E-state index is 0.0762. The lowest BCUT2D eigenvalue weighted by atomic mass is 10.0. The van der Waals surface area contributed by atoms with E-state index < -0.39 is 0 Å². The van der Waals surface area contributed by atoms with Crippen molar-refractivity contribution in [3.8, 4) is 0 Å². The summed E-state index contributed by atoms with van der Waals surface area (Å²) in [7, 11) is 0. The Morgan fingerprint density at radius 2 is 2.13 bits per heavy atom. The van der Waals surface area contributed by atoms with Crippen LogP contribution < -0.4 is 10.6 Å². The van der Waals surface area contributed by atoms with Crippen molar-refractivity contribution in [2.45, 2.75) is 39.0 Å². The van der Waals surface area contributed by atoms with E-state index in [-0.39, 0.29) is 18.1 Å². The molecule has 4 heteroatoms. The molecule has 1 fully saturated rings. The van der Waals surface area contributed by atoms with Crippen molar-refractivity contribution < 1.29 is 9.90 Å². The number of aliphatic hydroxyl groups excluding tert-OH is 1. The summed E-state index contributed by atoms with van der Waals surface area (Å²) in [6.45, 7) is 3.76. The summed E-state index contributed by atoms with van der Waals surface area (Å²) < 4.78 is 0. The lowest BCUT2D eigenvalue weighted by Crippen LogP contribution is -2.39. The van der Waals surface area contributed by atoms with E-state index in [1.54, 1.807) is 0 Å². The summed E-state index contributed by atoms with van der Waals surface area (Å²) in [5.41, 5.74) is 0.205. The maximum absolute atomic E-state index is 11.3. The Labute approximate surface area is 91.4 Å². The summed E-state index contributed by atoms with van der Waals surface area (Å²) >= 11 is 0. The Balaban J connectivity index is 2.06. The fourth-order valence-corrected chi connectivity index (χ4v) is 1.64. The third kappa shape index (κ3) is 4.51. The molecule has 1 rings (SSSR count). The van der Waals surface area contributed by atoms with E-state index >= 15 is 0 Å². The van der Waals surface area contributed by atoms with Crippen LogP contribution in [0.5, 0.6) is 0 Å². The quantitative estimate of drug-likeness (QED) is 0.558. The molecule has 0 aromatic rings. The first-order valence-corrected chi connectivity index (χ1v) is 5.85. The Kier molecular flexibility index (Phi) is 4.88. The van der Waals surface area contributed by atoms with E-state index in [9.17, 15) is 4.79 Å². The van der Waals surface area contributed by atoms with Crippen LogP contribution in [0.15, 0.2) is 0 Å². The predicted octanol–water partition coefficient (Wildman–Crippen LogP) is 1.25. The molecule has 0 saturated heterocycles. The van der Waals surface area contributed by atoms with Gasteiger partial charge in [0.2, 0.25) is 0 Å². The molecule has 0 aliphatic heterocycles. The van der Waals surface area contributed by atoms with E-state index in [2.05, 4.69) is 17.6 Å². The van der Waals surface area contributed by atoms with Crippen molar-refractivity contribution >= 4 is 6.03 Å². The standard InChI is InChI=1S/C11H22N2O2/c1-2-3-7-12-10(15)13-9-11(4-5-11)6-8-14/h14H,2-9H2,1H3,(H2,12,13,15). The highest BCUT2D eigenvalue weighted by Gasteiger charge is 2.41. The predicted molar refractivity (Wildman–Crippen MR) is 59.7 cm³/mol. The summed E-state index contributed by atoms with van der Waals surface area (Å²) in [6, 6.07) is -0.0762. The first kappa shape index (κ1) is 12.3. The normalized spacial score (nSPS) is 17.2. The van der Waals surface area contributed by atoms with Crippen molar-refractivity contribution in [2.75, 3.05) is 19.7 Å². The van der Waals surface area contributed by atoms with Crippen LogP contribution in [0, 0.1) is 5.41 Å². The number of unbranched alkanes of at least 4 members (excludes halogenated alkanes) is 1. The highest BCUT2D eigenvalue weighted by atomic mass is 16.3. The minimum Gasteiger partial charge on any atom is -0.396 e. The molecule has 15 heavy (non-hydrogen) atoms.